The third-order valence-electron chi connectivity index (χ3n) is 4.78. The molecule has 1 fully saturated rings. The predicted molar refractivity (Wildman–Crippen MR) is 133 cm³/mol. The van der Waals surface area contributed by atoms with Gasteiger partial charge in [0.1, 0.15) is 16.8 Å². The predicted octanol–water partition coefficient (Wildman–Crippen LogP) is 6.22. The molecular weight excluding hydrogens is 540 g/mol. The van der Waals surface area contributed by atoms with Gasteiger partial charge in [0.2, 0.25) is 11.8 Å². The molecule has 0 bridgehead atoms. The molecule has 1 unspecified atom stereocenters. The van der Waals surface area contributed by atoms with Gasteiger partial charge in [0.25, 0.3) is 0 Å². The van der Waals surface area contributed by atoms with Crippen LogP contribution in [0.1, 0.15) is 17.7 Å². The summed E-state index contributed by atoms with van der Waals surface area (Å²) in [5.41, 5.74) is -0.258. The number of nitrogens with zero attached hydrogens (tertiary/aromatic N) is 2. The van der Waals surface area contributed by atoms with Gasteiger partial charge >= 0.3 is 6.18 Å². The van der Waals surface area contributed by atoms with Crippen molar-refractivity contribution in [3.05, 3.63) is 76.0 Å². The minimum absolute atomic E-state index is 0.0191. The van der Waals surface area contributed by atoms with Gasteiger partial charge in [-0.1, -0.05) is 41.0 Å². The molecule has 2 N–H and O–H groups in total. The highest BCUT2D eigenvalue weighted by Crippen LogP contribution is 2.32. The number of hydrogen-bond donors (Lipinski definition) is 2. The van der Waals surface area contributed by atoms with E-state index in [9.17, 15) is 22.8 Å². The Hall–Kier alpha value is -3.28. The highest BCUT2D eigenvalue weighted by molar-refractivity contribution is 8.15. The van der Waals surface area contributed by atoms with Crippen LogP contribution in [0.3, 0.4) is 0 Å². The molecular formula is C23H15Cl2F3N4O3S. The largest absolute Gasteiger partial charge is 0.455 e. The molecule has 186 valence electrons. The number of halogens is 5. The average Bonchev–Trinajstić information content (AvgIpc) is 3.40. The van der Waals surface area contributed by atoms with E-state index in [4.69, 9.17) is 27.6 Å². The third-order valence-corrected chi connectivity index (χ3v) is 6.40. The molecule has 3 aromatic rings. The fourth-order valence-corrected chi connectivity index (χ4v) is 4.56. The van der Waals surface area contributed by atoms with Crippen LogP contribution in [0, 0.1) is 0 Å². The smallest absolute Gasteiger partial charge is 0.416 e. The van der Waals surface area contributed by atoms with Gasteiger partial charge in [0.05, 0.1) is 16.8 Å². The Bertz CT molecular complexity index is 1370. The normalized spacial score (nSPS) is 17.1. The van der Waals surface area contributed by atoms with Crippen LogP contribution in [-0.4, -0.2) is 28.4 Å². The van der Waals surface area contributed by atoms with Crippen molar-refractivity contribution >= 4 is 63.8 Å². The molecule has 7 nitrogen and oxygen atoms in total. The Morgan fingerprint density at radius 1 is 1.17 bits per heavy atom. The monoisotopic (exact) mass is 554 g/mol. The number of furan rings is 1. The zero-order chi connectivity index (χ0) is 25.9. The van der Waals surface area contributed by atoms with Crippen molar-refractivity contribution in [1.29, 1.82) is 0 Å². The lowest BCUT2D eigenvalue weighted by Gasteiger charge is -2.10. The summed E-state index contributed by atoms with van der Waals surface area (Å²) in [7, 11) is 0. The second-order valence-electron chi connectivity index (χ2n) is 7.40. The number of anilines is 1. The first kappa shape index (κ1) is 25.8. The Morgan fingerprint density at radius 3 is 2.72 bits per heavy atom. The van der Waals surface area contributed by atoms with E-state index in [1.165, 1.54) is 18.3 Å². The Morgan fingerprint density at radius 2 is 1.97 bits per heavy atom. The topological polar surface area (TPSA) is 96.1 Å². The number of nitrogens with one attached hydrogen (secondary N) is 2. The first-order chi connectivity index (χ1) is 17.1. The maximum atomic E-state index is 12.8. The van der Waals surface area contributed by atoms with Gasteiger partial charge in [-0.25, -0.2) is 0 Å². The highest BCUT2D eigenvalue weighted by atomic mass is 35.5. The van der Waals surface area contributed by atoms with Gasteiger partial charge in [-0.2, -0.15) is 18.3 Å². The average molecular weight is 555 g/mol. The molecule has 1 aliphatic heterocycles. The number of hydrogen-bond acceptors (Lipinski definition) is 6. The minimum Gasteiger partial charge on any atom is -0.455 e. The van der Waals surface area contributed by atoms with Crippen LogP contribution in [0.4, 0.5) is 18.9 Å². The van der Waals surface area contributed by atoms with Gasteiger partial charge in [0.15, 0.2) is 5.17 Å². The SMILES string of the molecule is O=C(CC1S/C(=N/N=C/c2ccc(-c3ccc(Cl)cc3Cl)o2)NC1=O)Nc1cccc(C(F)(F)F)c1. The summed E-state index contributed by atoms with van der Waals surface area (Å²) in [4.78, 5) is 24.4. The molecule has 4 rings (SSSR count). The number of carbonyl (C=O) groups excluding carboxylic acids is 2. The number of rotatable bonds is 6. The zero-order valence-electron chi connectivity index (χ0n) is 18.0. The number of amides is 2. The molecule has 0 aliphatic carbocycles. The minimum atomic E-state index is -4.53. The van der Waals surface area contributed by atoms with Crippen LogP contribution >= 0.6 is 35.0 Å². The summed E-state index contributed by atoms with van der Waals surface area (Å²) >= 11 is 13.1. The molecule has 1 saturated heterocycles. The summed E-state index contributed by atoms with van der Waals surface area (Å²) in [5.74, 6) is -0.200. The summed E-state index contributed by atoms with van der Waals surface area (Å²) in [6, 6.07) is 12.6. The van der Waals surface area contributed by atoms with Gasteiger partial charge in [0, 0.05) is 22.7 Å². The van der Waals surface area contributed by atoms with E-state index < -0.39 is 28.8 Å². The lowest BCUT2D eigenvalue weighted by Crippen LogP contribution is -2.28. The number of alkyl halides is 3. The van der Waals surface area contributed by atoms with E-state index in [0.29, 0.717) is 27.1 Å². The third kappa shape index (κ3) is 6.48. The quantitative estimate of drug-likeness (QED) is 0.279. The molecule has 2 aromatic carbocycles. The van der Waals surface area contributed by atoms with Gasteiger partial charge in [-0.05, 0) is 48.5 Å². The molecule has 2 heterocycles. The van der Waals surface area contributed by atoms with Crippen molar-refractivity contribution in [3.63, 3.8) is 0 Å². The summed E-state index contributed by atoms with van der Waals surface area (Å²) in [6.45, 7) is 0. The fourth-order valence-electron chi connectivity index (χ4n) is 3.13. The van der Waals surface area contributed by atoms with Crippen molar-refractivity contribution in [2.24, 2.45) is 10.2 Å². The van der Waals surface area contributed by atoms with Crippen molar-refractivity contribution in [2.75, 3.05) is 5.32 Å². The molecule has 0 spiro atoms. The maximum Gasteiger partial charge on any atom is 0.416 e. The maximum absolute atomic E-state index is 12.8. The van der Waals surface area contributed by atoms with Gasteiger partial charge in [-0.3, -0.25) is 9.59 Å². The summed E-state index contributed by atoms with van der Waals surface area (Å²) < 4.78 is 44.2. The molecule has 0 saturated carbocycles. The van der Waals surface area contributed by atoms with Crippen LogP contribution in [0.2, 0.25) is 10.0 Å². The first-order valence-electron chi connectivity index (χ1n) is 10.2. The van der Waals surface area contributed by atoms with E-state index >= 15 is 0 Å². The fraction of sp³-hybridized carbons (Fsp3) is 0.130. The van der Waals surface area contributed by atoms with Crippen molar-refractivity contribution < 1.29 is 27.2 Å². The van der Waals surface area contributed by atoms with Crippen LogP contribution < -0.4 is 10.6 Å². The van der Waals surface area contributed by atoms with E-state index in [1.54, 1.807) is 30.3 Å². The Balaban J connectivity index is 1.34. The lowest BCUT2D eigenvalue weighted by atomic mass is 10.2. The van der Waals surface area contributed by atoms with Crippen LogP contribution in [-0.2, 0) is 15.8 Å². The van der Waals surface area contributed by atoms with E-state index in [1.807, 2.05) is 0 Å². The van der Waals surface area contributed by atoms with E-state index in [-0.39, 0.29) is 17.3 Å². The molecule has 1 aromatic heterocycles. The molecule has 1 aliphatic rings. The van der Waals surface area contributed by atoms with Crippen molar-refractivity contribution in [3.8, 4) is 11.3 Å². The first-order valence-corrected chi connectivity index (χ1v) is 11.8. The van der Waals surface area contributed by atoms with Crippen molar-refractivity contribution in [2.45, 2.75) is 17.8 Å². The van der Waals surface area contributed by atoms with Crippen molar-refractivity contribution in [1.82, 2.24) is 5.32 Å². The van der Waals surface area contributed by atoms with E-state index in [2.05, 4.69) is 20.8 Å². The number of carbonyl (C=O) groups is 2. The number of benzene rings is 2. The van der Waals surface area contributed by atoms with Crippen LogP contribution in [0.5, 0.6) is 0 Å². The Kier molecular flexibility index (Phi) is 7.72. The Labute approximate surface area is 216 Å². The number of amidine groups is 1. The standard InChI is InChI=1S/C23H15Cl2F3N4O3S/c24-13-4-6-16(17(25)9-13)18-7-5-15(35-18)11-29-32-22-31-21(34)19(36-22)10-20(33)30-14-3-1-2-12(8-14)23(26,27)28/h1-9,11,19H,10H2,(H,30,33)(H,31,32,34)/b29-11+. The van der Waals surface area contributed by atoms with Crippen LogP contribution in [0.25, 0.3) is 11.3 Å². The van der Waals surface area contributed by atoms with Gasteiger partial charge in [-0.15, -0.1) is 5.10 Å². The second-order valence-corrected chi connectivity index (χ2v) is 9.44. The summed E-state index contributed by atoms with van der Waals surface area (Å²) in [6.07, 6.45) is -3.46. The van der Waals surface area contributed by atoms with E-state index in [0.717, 1.165) is 23.9 Å². The zero-order valence-corrected chi connectivity index (χ0v) is 20.3. The van der Waals surface area contributed by atoms with Crippen LogP contribution in [0.15, 0.2) is 69.2 Å². The van der Waals surface area contributed by atoms with Gasteiger partial charge < -0.3 is 15.1 Å². The number of thioether (sulfide) groups is 1. The molecule has 2 amide bonds. The molecule has 36 heavy (non-hydrogen) atoms. The molecule has 1 atom stereocenters. The second kappa shape index (κ2) is 10.8. The summed E-state index contributed by atoms with van der Waals surface area (Å²) in [5, 5.41) is 13.0. The molecule has 13 heteroatoms. The molecule has 0 radical (unpaired) electrons. The lowest BCUT2D eigenvalue weighted by molar-refractivity contribution is -0.137. The highest BCUT2D eigenvalue weighted by Gasteiger charge is 2.33.